The summed E-state index contributed by atoms with van der Waals surface area (Å²) in [4.78, 5) is 18.2. The van der Waals surface area contributed by atoms with Crippen LogP contribution >= 0.6 is 23.7 Å². The summed E-state index contributed by atoms with van der Waals surface area (Å²) in [5.41, 5.74) is 6.39. The van der Waals surface area contributed by atoms with E-state index in [1.165, 1.54) is 11.1 Å². The highest BCUT2D eigenvalue weighted by Gasteiger charge is 2.13. The Bertz CT molecular complexity index is 1270. The number of hydrogen-bond donors (Lipinski definition) is 1. The van der Waals surface area contributed by atoms with Crippen molar-refractivity contribution in [2.45, 2.75) is 33.7 Å². The highest BCUT2D eigenvalue weighted by molar-refractivity contribution is 7.15. The molecule has 1 N–H and O–H groups in total. The van der Waals surface area contributed by atoms with Crippen molar-refractivity contribution in [3.05, 3.63) is 70.4 Å². The second-order valence-corrected chi connectivity index (χ2v) is 8.51. The smallest absolute Gasteiger partial charge is 0.226 e. The molecule has 0 saturated carbocycles. The van der Waals surface area contributed by atoms with Gasteiger partial charge in [-0.2, -0.15) is 0 Å². The van der Waals surface area contributed by atoms with E-state index in [-0.39, 0.29) is 24.7 Å². The number of ether oxygens (including phenoxy) is 2. The fourth-order valence-corrected chi connectivity index (χ4v) is 4.39. The van der Waals surface area contributed by atoms with Crippen LogP contribution in [0, 0.1) is 13.8 Å². The Morgan fingerprint density at radius 3 is 2.67 bits per heavy atom. The predicted molar refractivity (Wildman–Crippen MR) is 135 cm³/mol. The quantitative estimate of drug-likeness (QED) is 0.364. The highest BCUT2D eigenvalue weighted by Crippen LogP contribution is 2.28. The fourth-order valence-electron chi connectivity index (χ4n) is 3.52. The molecule has 0 unspecified atom stereocenters. The normalized spacial score (nSPS) is 10.7. The maximum Gasteiger partial charge on any atom is 0.226 e. The average Bonchev–Trinajstić information content (AvgIpc) is 3.37. The number of hydrogen-bond acceptors (Lipinski definition) is 5. The number of carbonyl (C=O) groups excluding carboxylic acids is 1. The second-order valence-electron chi connectivity index (χ2n) is 7.68. The Morgan fingerprint density at radius 2 is 1.94 bits per heavy atom. The molecule has 4 aromatic rings. The molecule has 174 valence electrons. The van der Waals surface area contributed by atoms with Crippen LogP contribution in [-0.2, 0) is 17.8 Å². The lowest BCUT2D eigenvalue weighted by Crippen LogP contribution is -2.25. The van der Waals surface area contributed by atoms with Crippen molar-refractivity contribution in [2.24, 2.45) is 0 Å². The van der Waals surface area contributed by atoms with Gasteiger partial charge in [-0.15, -0.1) is 23.7 Å². The number of nitrogens with one attached hydrogen (secondary N) is 1. The van der Waals surface area contributed by atoms with Crippen LogP contribution in [0.15, 0.2) is 48.0 Å². The fraction of sp³-hybridized carbons (Fsp3) is 0.280. The Labute approximate surface area is 204 Å². The zero-order valence-corrected chi connectivity index (χ0v) is 20.8. The SMILES string of the molecule is CCOc1ccc(CNC(=O)Cc2csc3nc(-c4ccc(C)c(C)c4)cn23)cc1OC.Cl. The monoisotopic (exact) mass is 485 g/mol. The van der Waals surface area contributed by atoms with E-state index in [2.05, 4.69) is 37.4 Å². The number of aromatic nitrogens is 2. The van der Waals surface area contributed by atoms with E-state index in [9.17, 15) is 4.79 Å². The van der Waals surface area contributed by atoms with Crippen LogP contribution in [0.3, 0.4) is 0 Å². The lowest BCUT2D eigenvalue weighted by molar-refractivity contribution is -0.120. The molecule has 0 aliphatic rings. The van der Waals surface area contributed by atoms with Gasteiger partial charge in [0.05, 0.1) is 25.8 Å². The van der Waals surface area contributed by atoms with Gasteiger partial charge in [0.25, 0.3) is 0 Å². The van der Waals surface area contributed by atoms with Crippen molar-refractivity contribution < 1.29 is 14.3 Å². The number of thiazole rings is 1. The Balaban J connectivity index is 0.00000306. The van der Waals surface area contributed by atoms with E-state index in [4.69, 9.17) is 14.5 Å². The molecule has 1 amide bonds. The summed E-state index contributed by atoms with van der Waals surface area (Å²) in [5.74, 6) is 1.32. The van der Waals surface area contributed by atoms with Crippen LogP contribution in [0.4, 0.5) is 0 Å². The summed E-state index contributed by atoms with van der Waals surface area (Å²) < 4.78 is 12.9. The zero-order chi connectivity index (χ0) is 22.7. The van der Waals surface area contributed by atoms with Crippen LogP contribution in [0.5, 0.6) is 11.5 Å². The summed E-state index contributed by atoms with van der Waals surface area (Å²) >= 11 is 1.55. The van der Waals surface area contributed by atoms with Crippen molar-refractivity contribution in [1.29, 1.82) is 0 Å². The van der Waals surface area contributed by atoms with Crippen molar-refractivity contribution in [2.75, 3.05) is 13.7 Å². The molecule has 8 heteroatoms. The van der Waals surface area contributed by atoms with Gasteiger partial charge >= 0.3 is 0 Å². The van der Waals surface area contributed by atoms with Gasteiger partial charge in [-0.25, -0.2) is 4.98 Å². The zero-order valence-electron chi connectivity index (χ0n) is 19.2. The number of imidazole rings is 1. The first-order valence-corrected chi connectivity index (χ1v) is 11.5. The topological polar surface area (TPSA) is 64.9 Å². The van der Waals surface area contributed by atoms with E-state index >= 15 is 0 Å². The third-order valence-electron chi connectivity index (χ3n) is 5.45. The molecule has 0 spiro atoms. The molecule has 0 aliphatic carbocycles. The Hall–Kier alpha value is -3.03. The Morgan fingerprint density at radius 1 is 1.12 bits per heavy atom. The first-order chi connectivity index (χ1) is 15.5. The minimum absolute atomic E-state index is 0. The molecule has 6 nitrogen and oxygen atoms in total. The van der Waals surface area contributed by atoms with Crippen molar-refractivity contribution in [3.8, 4) is 22.8 Å². The van der Waals surface area contributed by atoms with E-state index in [0.29, 0.717) is 24.7 Å². The molecule has 0 saturated heterocycles. The summed E-state index contributed by atoms with van der Waals surface area (Å²) in [6, 6.07) is 12.0. The minimum atomic E-state index is -0.0426. The number of aryl methyl sites for hydroxylation is 2. The molecule has 0 fully saturated rings. The molecule has 0 atom stereocenters. The molecule has 2 aromatic heterocycles. The number of rotatable bonds is 8. The molecule has 33 heavy (non-hydrogen) atoms. The van der Waals surface area contributed by atoms with E-state index < -0.39 is 0 Å². The summed E-state index contributed by atoms with van der Waals surface area (Å²) in [5, 5.41) is 4.98. The maximum absolute atomic E-state index is 12.6. The number of methoxy groups -OCH3 is 1. The molecule has 4 rings (SSSR count). The van der Waals surface area contributed by atoms with E-state index in [1.54, 1.807) is 18.4 Å². The van der Waals surface area contributed by atoms with Gasteiger partial charge in [0.1, 0.15) is 0 Å². The number of carbonyl (C=O) groups is 1. The predicted octanol–water partition coefficient (Wildman–Crippen LogP) is 5.37. The van der Waals surface area contributed by atoms with Crippen LogP contribution in [0.2, 0.25) is 0 Å². The van der Waals surface area contributed by atoms with Gasteiger partial charge in [-0.1, -0.05) is 18.2 Å². The molecular weight excluding hydrogens is 458 g/mol. The van der Waals surface area contributed by atoms with Gasteiger partial charge in [0, 0.05) is 29.4 Å². The van der Waals surface area contributed by atoms with Gasteiger partial charge in [-0.05, 0) is 55.7 Å². The summed E-state index contributed by atoms with van der Waals surface area (Å²) in [6.45, 7) is 7.13. The molecule has 0 radical (unpaired) electrons. The van der Waals surface area contributed by atoms with Crippen molar-refractivity contribution in [3.63, 3.8) is 0 Å². The first-order valence-electron chi connectivity index (χ1n) is 10.6. The summed E-state index contributed by atoms with van der Waals surface area (Å²) in [7, 11) is 1.61. The highest BCUT2D eigenvalue weighted by atomic mass is 35.5. The third kappa shape index (κ3) is 5.49. The van der Waals surface area contributed by atoms with Crippen LogP contribution < -0.4 is 14.8 Å². The molecule has 0 aliphatic heterocycles. The van der Waals surface area contributed by atoms with Crippen LogP contribution in [0.1, 0.15) is 29.3 Å². The molecular formula is C25H28ClN3O3S. The van der Waals surface area contributed by atoms with E-state index in [1.807, 2.05) is 41.1 Å². The average molecular weight is 486 g/mol. The standard InChI is InChI=1S/C25H27N3O3S.ClH/c1-5-31-22-9-7-18(11-23(22)30-4)13-26-24(29)12-20-15-32-25-27-21(14-28(20)25)19-8-6-16(2)17(3)10-19;/h6-11,14-15H,5,12-13H2,1-4H3,(H,26,29);1H. The number of nitrogens with zero attached hydrogens (tertiary/aromatic N) is 2. The molecule has 2 heterocycles. The Kier molecular flexibility index (Phi) is 8.00. The number of benzene rings is 2. The lowest BCUT2D eigenvalue weighted by atomic mass is 10.0. The largest absolute Gasteiger partial charge is 0.493 e. The lowest BCUT2D eigenvalue weighted by Gasteiger charge is -2.11. The van der Waals surface area contributed by atoms with Crippen molar-refractivity contribution in [1.82, 2.24) is 14.7 Å². The van der Waals surface area contributed by atoms with Crippen LogP contribution in [0.25, 0.3) is 16.2 Å². The first kappa shape index (κ1) is 24.6. The number of amides is 1. The second kappa shape index (κ2) is 10.7. The maximum atomic E-state index is 12.6. The molecule has 2 aromatic carbocycles. The molecule has 0 bridgehead atoms. The third-order valence-corrected chi connectivity index (χ3v) is 6.33. The number of halogens is 1. The van der Waals surface area contributed by atoms with Gasteiger partial charge in [-0.3, -0.25) is 9.20 Å². The van der Waals surface area contributed by atoms with Gasteiger partial charge in [0.15, 0.2) is 16.5 Å². The van der Waals surface area contributed by atoms with Crippen molar-refractivity contribution >= 4 is 34.6 Å². The van der Waals surface area contributed by atoms with E-state index in [0.717, 1.165) is 27.5 Å². The van der Waals surface area contributed by atoms with Gasteiger partial charge in [0.2, 0.25) is 5.91 Å². The van der Waals surface area contributed by atoms with Crippen LogP contribution in [-0.4, -0.2) is 29.0 Å². The van der Waals surface area contributed by atoms with Gasteiger partial charge < -0.3 is 14.8 Å². The summed E-state index contributed by atoms with van der Waals surface area (Å²) in [6.07, 6.45) is 2.30. The minimum Gasteiger partial charge on any atom is -0.493 e. The number of fused-ring (bicyclic) bond motifs is 1.